The molecule has 110 valence electrons. The first-order valence-electron chi connectivity index (χ1n) is 6.02. The van der Waals surface area contributed by atoms with Crippen molar-refractivity contribution >= 4 is 16.0 Å². The lowest BCUT2D eigenvalue weighted by Gasteiger charge is -2.20. The van der Waals surface area contributed by atoms with E-state index < -0.39 is 27.3 Å². The first-order valence-corrected chi connectivity index (χ1v) is 7.46. The lowest BCUT2D eigenvalue weighted by Crippen LogP contribution is -2.32. The number of nitrogens with zero attached hydrogens (tertiary/aromatic N) is 1. The number of aromatic carboxylic acids is 1. The molecule has 6 nitrogen and oxygen atoms in total. The summed E-state index contributed by atoms with van der Waals surface area (Å²) >= 11 is 0. The van der Waals surface area contributed by atoms with Crippen LogP contribution < -0.4 is 0 Å². The number of aromatic hydroxyl groups is 1. The molecule has 1 rings (SSSR count). The topological polar surface area (TPSA) is 94.9 Å². The molecule has 0 amide bonds. The molecule has 0 saturated carbocycles. The minimum Gasteiger partial charge on any atom is -0.507 e. The minimum atomic E-state index is -3.81. The van der Waals surface area contributed by atoms with Gasteiger partial charge in [-0.1, -0.05) is 13.0 Å². The number of hydrogen-bond acceptors (Lipinski definition) is 4. The van der Waals surface area contributed by atoms with Crippen molar-refractivity contribution in [3.8, 4) is 5.75 Å². The maximum atomic E-state index is 12.4. The zero-order valence-corrected chi connectivity index (χ0v) is 11.9. The highest BCUT2D eigenvalue weighted by atomic mass is 32.2. The first-order chi connectivity index (χ1) is 9.34. The molecule has 0 heterocycles. The van der Waals surface area contributed by atoms with Crippen LogP contribution in [0, 0.1) is 0 Å². The van der Waals surface area contributed by atoms with Crippen molar-refractivity contribution in [1.29, 1.82) is 0 Å². The molecule has 0 fully saturated rings. The molecule has 0 saturated heterocycles. The van der Waals surface area contributed by atoms with E-state index in [0.717, 1.165) is 12.1 Å². The summed E-state index contributed by atoms with van der Waals surface area (Å²) in [5.74, 6) is -1.85. The third-order valence-electron chi connectivity index (χ3n) is 2.64. The Labute approximate surface area is 118 Å². The van der Waals surface area contributed by atoms with Crippen LogP contribution in [0.3, 0.4) is 0 Å². The molecule has 0 radical (unpaired) electrons. The van der Waals surface area contributed by atoms with Crippen molar-refractivity contribution in [2.45, 2.75) is 18.2 Å². The Hall–Kier alpha value is -1.86. The standard InChI is InChI=1S/C13H17NO5S/c1-3-7-14(8-4-2)20(18,19)10-5-6-12(15)11(9-10)13(16)17/h3,5-6,9,15H,1,4,7-8H2,2H3,(H,16,17). The van der Waals surface area contributed by atoms with Gasteiger partial charge in [-0.3, -0.25) is 0 Å². The molecule has 2 N–H and O–H groups in total. The van der Waals surface area contributed by atoms with E-state index in [1.165, 1.54) is 16.4 Å². The van der Waals surface area contributed by atoms with Gasteiger partial charge in [0.25, 0.3) is 0 Å². The molecule has 0 bridgehead atoms. The van der Waals surface area contributed by atoms with E-state index in [-0.39, 0.29) is 11.4 Å². The summed E-state index contributed by atoms with van der Waals surface area (Å²) in [6.45, 7) is 5.79. The van der Waals surface area contributed by atoms with Gasteiger partial charge in [-0.25, -0.2) is 13.2 Å². The molecule has 0 spiro atoms. The normalized spacial score (nSPS) is 11.5. The number of carboxylic acid groups (broad SMARTS) is 1. The SMILES string of the molecule is C=CCN(CCC)S(=O)(=O)c1ccc(O)c(C(=O)O)c1. The van der Waals surface area contributed by atoms with Gasteiger partial charge in [0.05, 0.1) is 4.90 Å². The molecule has 1 aromatic carbocycles. The Morgan fingerprint density at radius 3 is 2.60 bits per heavy atom. The summed E-state index contributed by atoms with van der Waals surface area (Å²) in [6.07, 6.45) is 2.09. The quantitative estimate of drug-likeness (QED) is 0.747. The predicted molar refractivity (Wildman–Crippen MR) is 74.3 cm³/mol. The highest BCUT2D eigenvalue weighted by molar-refractivity contribution is 7.89. The lowest BCUT2D eigenvalue weighted by molar-refractivity contribution is 0.0693. The highest BCUT2D eigenvalue weighted by Crippen LogP contribution is 2.23. The molecule has 0 aliphatic rings. The Balaban J connectivity index is 3.30. The largest absolute Gasteiger partial charge is 0.507 e. The van der Waals surface area contributed by atoms with Gasteiger partial charge in [0.15, 0.2) is 0 Å². The maximum absolute atomic E-state index is 12.4. The van der Waals surface area contributed by atoms with Crippen molar-refractivity contribution < 1.29 is 23.4 Å². The number of benzene rings is 1. The van der Waals surface area contributed by atoms with Crippen LogP contribution in [0.25, 0.3) is 0 Å². The molecule has 0 atom stereocenters. The van der Waals surface area contributed by atoms with Gasteiger partial charge in [-0.2, -0.15) is 4.31 Å². The van der Waals surface area contributed by atoms with Crippen LogP contribution in [0.15, 0.2) is 35.7 Å². The van der Waals surface area contributed by atoms with Crippen LogP contribution in [0.1, 0.15) is 23.7 Å². The van der Waals surface area contributed by atoms with Gasteiger partial charge >= 0.3 is 5.97 Å². The van der Waals surface area contributed by atoms with Gasteiger partial charge in [0, 0.05) is 13.1 Å². The zero-order chi connectivity index (χ0) is 15.3. The van der Waals surface area contributed by atoms with E-state index >= 15 is 0 Å². The van der Waals surface area contributed by atoms with Crippen molar-refractivity contribution in [2.75, 3.05) is 13.1 Å². The Bertz CT molecular complexity index is 609. The molecular formula is C13H17NO5S. The lowest BCUT2D eigenvalue weighted by atomic mass is 10.2. The highest BCUT2D eigenvalue weighted by Gasteiger charge is 2.24. The summed E-state index contributed by atoms with van der Waals surface area (Å²) in [5.41, 5.74) is -0.443. The summed E-state index contributed by atoms with van der Waals surface area (Å²) in [5, 5.41) is 18.3. The van der Waals surface area contributed by atoms with Crippen LogP contribution in [0.2, 0.25) is 0 Å². The van der Waals surface area contributed by atoms with Gasteiger partial charge in [-0.15, -0.1) is 6.58 Å². The molecule has 0 aliphatic carbocycles. The molecule has 1 aromatic rings. The second kappa shape index (κ2) is 6.53. The van der Waals surface area contributed by atoms with Crippen LogP contribution in [0.5, 0.6) is 5.75 Å². The fraction of sp³-hybridized carbons (Fsp3) is 0.308. The van der Waals surface area contributed by atoms with Crippen molar-refractivity contribution in [3.05, 3.63) is 36.4 Å². The summed E-state index contributed by atoms with van der Waals surface area (Å²) in [7, 11) is -3.81. The zero-order valence-electron chi connectivity index (χ0n) is 11.1. The Kier molecular flexibility index (Phi) is 5.29. The number of hydrogen-bond donors (Lipinski definition) is 2. The maximum Gasteiger partial charge on any atom is 0.339 e. The summed E-state index contributed by atoms with van der Waals surface area (Å²) in [4.78, 5) is 10.8. The minimum absolute atomic E-state index is 0.138. The number of phenols is 1. The molecule has 0 unspecified atom stereocenters. The Morgan fingerprint density at radius 2 is 2.10 bits per heavy atom. The molecule has 0 aromatic heterocycles. The fourth-order valence-electron chi connectivity index (χ4n) is 1.70. The van der Waals surface area contributed by atoms with Crippen molar-refractivity contribution in [1.82, 2.24) is 4.31 Å². The second-order valence-corrected chi connectivity index (χ2v) is 6.07. The number of carbonyl (C=O) groups is 1. The van der Waals surface area contributed by atoms with Gasteiger partial charge < -0.3 is 10.2 Å². The fourth-order valence-corrected chi connectivity index (χ4v) is 3.23. The van der Waals surface area contributed by atoms with E-state index in [2.05, 4.69) is 6.58 Å². The van der Waals surface area contributed by atoms with Crippen LogP contribution in [-0.4, -0.2) is 42.0 Å². The van der Waals surface area contributed by atoms with Crippen LogP contribution in [-0.2, 0) is 10.0 Å². The summed E-state index contributed by atoms with van der Waals surface area (Å²) in [6, 6.07) is 3.20. The van der Waals surface area contributed by atoms with E-state index in [4.69, 9.17) is 5.11 Å². The van der Waals surface area contributed by atoms with Gasteiger partial charge in [-0.05, 0) is 24.6 Å². The van der Waals surface area contributed by atoms with E-state index in [0.29, 0.717) is 13.0 Å². The third kappa shape index (κ3) is 3.37. The van der Waals surface area contributed by atoms with E-state index in [1.54, 1.807) is 0 Å². The third-order valence-corrected chi connectivity index (χ3v) is 4.50. The molecular weight excluding hydrogens is 282 g/mol. The van der Waals surface area contributed by atoms with Gasteiger partial charge in [0.1, 0.15) is 11.3 Å². The number of sulfonamides is 1. The molecule has 0 aliphatic heterocycles. The number of carboxylic acids is 1. The second-order valence-electron chi connectivity index (χ2n) is 4.14. The first kappa shape index (κ1) is 16.2. The van der Waals surface area contributed by atoms with E-state index in [9.17, 15) is 18.3 Å². The number of rotatable bonds is 7. The predicted octanol–water partition coefficient (Wildman–Crippen LogP) is 1.68. The summed E-state index contributed by atoms with van der Waals surface area (Å²) < 4.78 is 26.0. The molecule has 7 heteroatoms. The smallest absolute Gasteiger partial charge is 0.339 e. The van der Waals surface area contributed by atoms with Crippen molar-refractivity contribution in [3.63, 3.8) is 0 Å². The Morgan fingerprint density at radius 1 is 1.45 bits per heavy atom. The van der Waals surface area contributed by atoms with Crippen LogP contribution >= 0.6 is 0 Å². The van der Waals surface area contributed by atoms with Crippen molar-refractivity contribution in [2.24, 2.45) is 0 Å². The van der Waals surface area contributed by atoms with Gasteiger partial charge in [0.2, 0.25) is 10.0 Å². The average molecular weight is 299 g/mol. The monoisotopic (exact) mass is 299 g/mol. The molecule has 20 heavy (non-hydrogen) atoms. The van der Waals surface area contributed by atoms with E-state index in [1.807, 2.05) is 6.92 Å². The average Bonchev–Trinajstić information content (AvgIpc) is 2.38. The van der Waals surface area contributed by atoms with Crippen LogP contribution in [0.4, 0.5) is 0 Å².